The molecule has 1 aliphatic heterocycles. The van der Waals surface area contributed by atoms with Crippen molar-refractivity contribution in [3.05, 3.63) is 0 Å². The third kappa shape index (κ3) is 3.67. The van der Waals surface area contributed by atoms with Crippen molar-refractivity contribution in [2.24, 2.45) is 17.6 Å². The molecule has 1 saturated carbocycles. The molecular weight excluding hydrogens is 210 g/mol. The van der Waals surface area contributed by atoms with Gasteiger partial charge in [-0.25, -0.2) is 0 Å². The average Bonchev–Trinajstić information content (AvgIpc) is 2.40. The van der Waals surface area contributed by atoms with E-state index < -0.39 is 0 Å². The summed E-state index contributed by atoms with van der Waals surface area (Å²) in [6.45, 7) is 10.7. The minimum Gasteiger partial charge on any atom is -0.330 e. The first-order chi connectivity index (χ1) is 8.33. The van der Waals surface area contributed by atoms with E-state index in [9.17, 15) is 0 Å². The van der Waals surface area contributed by atoms with E-state index in [0.717, 1.165) is 18.4 Å². The Morgan fingerprint density at radius 2 is 1.53 bits per heavy atom. The number of rotatable bonds is 4. The van der Waals surface area contributed by atoms with Crippen molar-refractivity contribution < 1.29 is 0 Å². The molecule has 17 heavy (non-hydrogen) atoms. The van der Waals surface area contributed by atoms with Gasteiger partial charge >= 0.3 is 0 Å². The topological polar surface area (TPSA) is 32.5 Å². The molecule has 0 amide bonds. The predicted octanol–water partition coefficient (Wildman–Crippen LogP) is 1.39. The minimum atomic E-state index is 0.799. The van der Waals surface area contributed by atoms with Gasteiger partial charge in [0.25, 0.3) is 0 Å². The SMILES string of the molecule is CCN1CCN(CC2CCCCC2CN)CC1. The van der Waals surface area contributed by atoms with E-state index >= 15 is 0 Å². The summed E-state index contributed by atoms with van der Waals surface area (Å²) in [5, 5.41) is 0. The van der Waals surface area contributed by atoms with Crippen LogP contribution >= 0.6 is 0 Å². The Morgan fingerprint density at radius 3 is 2.12 bits per heavy atom. The number of nitrogens with two attached hydrogens (primary N) is 1. The standard InChI is InChI=1S/C14H29N3/c1-2-16-7-9-17(10-8-16)12-14-6-4-3-5-13(14)11-15/h13-14H,2-12,15H2,1H3. The van der Waals surface area contributed by atoms with E-state index in [1.165, 1.54) is 65.0 Å². The summed E-state index contributed by atoms with van der Waals surface area (Å²) in [5.74, 6) is 1.68. The first kappa shape index (κ1) is 13.3. The molecule has 0 radical (unpaired) electrons. The molecule has 100 valence electrons. The van der Waals surface area contributed by atoms with E-state index in [1.807, 2.05) is 0 Å². The van der Waals surface area contributed by atoms with Crippen LogP contribution in [-0.2, 0) is 0 Å². The Bertz CT molecular complexity index is 212. The number of hydrogen-bond acceptors (Lipinski definition) is 3. The molecule has 2 aliphatic rings. The van der Waals surface area contributed by atoms with E-state index in [4.69, 9.17) is 5.73 Å². The second kappa shape index (κ2) is 6.72. The zero-order chi connectivity index (χ0) is 12.1. The van der Waals surface area contributed by atoms with Crippen LogP contribution < -0.4 is 5.73 Å². The molecule has 2 fully saturated rings. The van der Waals surface area contributed by atoms with Crippen LogP contribution in [0.25, 0.3) is 0 Å². The second-order valence-corrected chi connectivity index (χ2v) is 5.78. The third-order valence-corrected chi connectivity index (χ3v) is 4.77. The van der Waals surface area contributed by atoms with Gasteiger partial charge in [-0.15, -0.1) is 0 Å². The van der Waals surface area contributed by atoms with E-state index in [2.05, 4.69) is 16.7 Å². The molecule has 2 atom stereocenters. The molecule has 0 aromatic heterocycles. The Morgan fingerprint density at radius 1 is 0.941 bits per heavy atom. The normalized spacial score (nSPS) is 32.8. The highest BCUT2D eigenvalue weighted by Gasteiger charge is 2.26. The number of likely N-dealkylation sites (N-methyl/N-ethyl adjacent to an activating group) is 1. The maximum absolute atomic E-state index is 5.92. The fraction of sp³-hybridized carbons (Fsp3) is 1.00. The van der Waals surface area contributed by atoms with Crippen molar-refractivity contribution in [3.8, 4) is 0 Å². The van der Waals surface area contributed by atoms with Crippen LogP contribution in [0.4, 0.5) is 0 Å². The lowest BCUT2D eigenvalue weighted by Crippen LogP contribution is -2.48. The molecule has 1 aliphatic carbocycles. The number of nitrogens with zero attached hydrogens (tertiary/aromatic N) is 2. The molecule has 0 bridgehead atoms. The van der Waals surface area contributed by atoms with Crippen LogP contribution in [0.5, 0.6) is 0 Å². The molecule has 2 N–H and O–H groups in total. The van der Waals surface area contributed by atoms with Gasteiger partial charge < -0.3 is 15.5 Å². The second-order valence-electron chi connectivity index (χ2n) is 5.78. The maximum Gasteiger partial charge on any atom is 0.0110 e. The average molecular weight is 239 g/mol. The fourth-order valence-electron chi connectivity index (χ4n) is 3.45. The summed E-state index contributed by atoms with van der Waals surface area (Å²) < 4.78 is 0. The Labute approximate surface area is 106 Å². The van der Waals surface area contributed by atoms with Gasteiger partial charge in [-0.3, -0.25) is 0 Å². The highest BCUT2D eigenvalue weighted by Crippen LogP contribution is 2.30. The lowest BCUT2D eigenvalue weighted by molar-refractivity contribution is 0.0959. The smallest absolute Gasteiger partial charge is 0.0110 e. The molecule has 0 spiro atoms. The molecule has 1 heterocycles. The molecule has 3 nitrogen and oxygen atoms in total. The largest absolute Gasteiger partial charge is 0.330 e. The quantitative estimate of drug-likeness (QED) is 0.805. The predicted molar refractivity (Wildman–Crippen MR) is 73.1 cm³/mol. The van der Waals surface area contributed by atoms with E-state index in [1.54, 1.807) is 0 Å². The van der Waals surface area contributed by atoms with Crippen molar-refractivity contribution in [1.29, 1.82) is 0 Å². The third-order valence-electron chi connectivity index (χ3n) is 4.77. The summed E-state index contributed by atoms with van der Waals surface area (Å²) in [5.41, 5.74) is 5.92. The summed E-state index contributed by atoms with van der Waals surface area (Å²) in [6.07, 6.45) is 5.62. The first-order valence-corrected chi connectivity index (χ1v) is 7.48. The van der Waals surface area contributed by atoms with Crippen molar-refractivity contribution in [1.82, 2.24) is 9.80 Å². The molecule has 2 rings (SSSR count). The van der Waals surface area contributed by atoms with Crippen LogP contribution in [0.2, 0.25) is 0 Å². The van der Waals surface area contributed by atoms with Gasteiger partial charge in [0, 0.05) is 32.7 Å². The molecule has 3 heteroatoms. The van der Waals surface area contributed by atoms with Gasteiger partial charge in [0.2, 0.25) is 0 Å². The zero-order valence-corrected chi connectivity index (χ0v) is 11.4. The molecule has 1 saturated heterocycles. The van der Waals surface area contributed by atoms with Crippen molar-refractivity contribution >= 4 is 0 Å². The molecule has 0 aromatic rings. The van der Waals surface area contributed by atoms with Crippen LogP contribution in [0.3, 0.4) is 0 Å². The van der Waals surface area contributed by atoms with Gasteiger partial charge in [0.05, 0.1) is 0 Å². The molecule has 2 unspecified atom stereocenters. The first-order valence-electron chi connectivity index (χ1n) is 7.48. The van der Waals surface area contributed by atoms with E-state index in [0.29, 0.717) is 0 Å². The van der Waals surface area contributed by atoms with Gasteiger partial charge in [0.1, 0.15) is 0 Å². The highest BCUT2D eigenvalue weighted by molar-refractivity contribution is 4.81. The number of piperazine rings is 1. The minimum absolute atomic E-state index is 0.799. The summed E-state index contributed by atoms with van der Waals surface area (Å²) >= 11 is 0. The van der Waals surface area contributed by atoms with Crippen LogP contribution in [0, 0.1) is 11.8 Å². The van der Waals surface area contributed by atoms with Gasteiger partial charge in [-0.1, -0.05) is 19.8 Å². The molecular formula is C14H29N3. The van der Waals surface area contributed by atoms with Crippen LogP contribution in [0.1, 0.15) is 32.6 Å². The van der Waals surface area contributed by atoms with Gasteiger partial charge in [-0.2, -0.15) is 0 Å². The lowest BCUT2D eigenvalue weighted by atomic mass is 9.79. The maximum atomic E-state index is 5.92. The van der Waals surface area contributed by atoms with Crippen LogP contribution in [0.15, 0.2) is 0 Å². The van der Waals surface area contributed by atoms with Gasteiger partial charge in [-0.05, 0) is 37.8 Å². The summed E-state index contributed by atoms with van der Waals surface area (Å²) in [4.78, 5) is 5.22. The van der Waals surface area contributed by atoms with Gasteiger partial charge in [0.15, 0.2) is 0 Å². The Balaban J connectivity index is 1.76. The zero-order valence-electron chi connectivity index (χ0n) is 11.4. The number of hydrogen-bond donors (Lipinski definition) is 1. The summed E-state index contributed by atoms with van der Waals surface area (Å²) in [6, 6.07) is 0. The van der Waals surface area contributed by atoms with Crippen molar-refractivity contribution in [2.45, 2.75) is 32.6 Å². The lowest BCUT2D eigenvalue weighted by Gasteiger charge is -2.39. The summed E-state index contributed by atoms with van der Waals surface area (Å²) in [7, 11) is 0. The highest BCUT2D eigenvalue weighted by atomic mass is 15.3. The van der Waals surface area contributed by atoms with Crippen LogP contribution in [-0.4, -0.2) is 55.6 Å². The Kier molecular flexibility index (Phi) is 5.26. The Hall–Kier alpha value is -0.120. The van der Waals surface area contributed by atoms with Crippen molar-refractivity contribution in [3.63, 3.8) is 0 Å². The van der Waals surface area contributed by atoms with E-state index in [-0.39, 0.29) is 0 Å². The molecule has 0 aromatic carbocycles. The monoisotopic (exact) mass is 239 g/mol. The van der Waals surface area contributed by atoms with Crippen molar-refractivity contribution in [2.75, 3.05) is 45.8 Å². The fourth-order valence-corrected chi connectivity index (χ4v) is 3.45.